The largest absolute Gasteiger partial charge is 0.311 e. The smallest absolute Gasteiger partial charge is 0.0462 e. The monoisotopic (exact) mass is 469 g/mol. The molecule has 2 heteroatoms. The van der Waals surface area contributed by atoms with Gasteiger partial charge in [0.05, 0.1) is 0 Å². The van der Waals surface area contributed by atoms with Crippen molar-refractivity contribution in [2.24, 2.45) is 0 Å². The lowest BCUT2D eigenvalue weighted by atomic mass is 10.0. The number of thiophene rings is 1. The molecule has 0 atom stereocenters. The van der Waals surface area contributed by atoms with E-state index in [0.717, 1.165) is 17.1 Å². The lowest BCUT2D eigenvalue weighted by Crippen LogP contribution is -2.09. The van der Waals surface area contributed by atoms with Gasteiger partial charge in [-0.1, -0.05) is 96.6 Å². The van der Waals surface area contributed by atoms with Gasteiger partial charge in [0.2, 0.25) is 0 Å². The maximum Gasteiger partial charge on any atom is 0.0462 e. The van der Waals surface area contributed by atoms with Gasteiger partial charge in [-0.3, -0.25) is 0 Å². The van der Waals surface area contributed by atoms with E-state index in [9.17, 15) is 0 Å². The van der Waals surface area contributed by atoms with Crippen LogP contribution < -0.4 is 4.90 Å². The first kappa shape index (κ1) is 22.6. The fourth-order valence-electron chi connectivity index (χ4n) is 4.07. The molecule has 0 aliphatic carbocycles. The van der Waals surface area contributed by atoms with Crippen molar-refractivity contribution < 1.29 is 0 Å². The molecule has 1 nitrogen and oxygen atoms in total. The SMILES string of the molecule is Cc1ccc(C=Cc2ccc(N(c3ccccc3)c3ccccc3)cc2)c(C=Cc2ccsc2)c1. The van der Waals surface area contributed by atoms with E-state index in [4.69, 9.17) is 0 Å². The minimum atomic E-state index is 1.13. The summed E-state index contributed by atoms with van der Waals surface area (Å²) in [6.45, 7) is 2.14. The number of para-hydroxylation sites is 2. The van der Waals surface area contributed by atoms with Crippen LogP contribution in [0.25, 0.3) is 24.3 Å². The second-order valence-electron chi connectivity index (χ2n) is 8.45. The van der Waals surface area contributed by atoms with E-state index in [1.807, 2.05) is 0 Å². The number of anilines is 3. The van der Waals surface area contributed by atoms with Crippen LogP contribution in [0.2, 0.25) is 0 Å². The molecule has 0 fully saturated rings. The molecule has 0 saturated heterocycles. The standard InChI is InChI=1S/C33H27NS/c1-26-12-17-29(30(24-26)19-14-28-22-23-35-25-28)18-13-27-15-20-33(21-16-27)34(31-8-4-2-5-9-31)32-10-6-3-7-11-32/h2-25H,1H3. The first-order chi connectivity index (χ1) is 17.3. The van der Waals surface area contributed by atoms with Crippen molar-refractivity contribution in [2.75, 3.05) is 4.90 Å². The highest BCUT2D eigenvalue weighted by molar-refractivity contribution is 7.08. The van der Waals surface area contributed by atoms with Gasteiger partial charge < -0.3 is 4.90 Å². The third kappa shape index (κ3) is 5.68. The predicted molar refractivity (Wildman–Crippen MR) is 154 cm³/mol. The molecule has 0 aliphatic rings. The van der Waals surface area contributed by atoms with Gasteiger partial charge in [-0.25, -0.2) is 0 Å². The zero-order chi connectivity index (χ0) is 23.9. The summed E-state index contributed by atoms with van der Waals surface area (Å²) in [6.07, 6.45) is 8.77. The zero-order valence-electron chi connectivity index (χ0n) is 19.7. The van der Waals surface area contributed by atoms with Crippen molar-refractivity contribution in [3.63, 3.8) is 0 Å². The maximum absolute atomic E-state index is 2.28. The molecule has 170 valence electrons. The molecule has 0 amide bonds. The summed E-state index contributed by atoms with van der Waals surface area (Å²) in [5.74, 6) is 0. The molecule has 5 rings (SSSR count). The van der Waals surface area contributed by atoms with Gasteiger partial charge in [0.1, 0.15) is 0 Å². The molecule has 1 heterocycles. The van der Waals surface area contributed by atoms with Crippen LogP contribution in [0.1, 0.15) is 27.8 Å². The second kappa shape index (κ2) is 10.9. The topological polar surface area (TPSA) is 3.24 Å². The molecule has 5 aromatic rings. The Hall–Kier alpha value is -4.14. The van der Waals surface area contributed by atoms with Crippen molar-refractivity contribution in [1.29, 1.82) is 0 Å². The molecule has 0 bridgehead atoms. The van der Waals surface area contributed by atoms with Gasteiger partial charge in [-0.15, -0.1) is 0 Å². The van der Waals surface area contributed by atoms with Crippen LogP contribution in [0.5, 0.6) is 0 Å². The molecular weight excluding hydrogens is 442 g/mol. The fourth-order valence-corrected chi connectivity index (χ4v) is 4.70. The average molecular weight is 470 g/mol. The number of hydrogen-bond donors (Lipinski definition) is 0. The van der Waals surface area contributed by atoms with E-state index in [-0.39, 0.29) is 0 Å². The van der Waals surface area contributed by atoms with Crippen LogP contribution in [0.15, 0.2) is 120 Å². The normalized spacial score (nSPS) is 11.3. The van der Waals surface area contributed by atoms with Crippen molar-refractivity contribution >= 4 is 52.7 Å². The summed E-state index contributed by atoms with van der Waals surface area (Å²) < 4.78 is 0. The Morgan fingerprint density at radius 2 is 1.14 bits per heavy atom. The predicted octanol–water partition coefficient (Wildman–Crippen LogP) is 9.87. The lowest BCUT2D eigenvalue weighted by molar-refractivity contribution is 1.28. The molecule has 0 saturated carbocycles. The number of nitrogens with zero attached hydrogens (tertiary/aromatic N) is 1. The summed E-state index contributed by atoms with van der Waals surface area (Å²) in [5.41, 5.74) is 9.52. The number of benzene rings is 4. The Kier molecular flexibility index (Phi) is 7.02. The maximum atomic E-state index is 2.28. The van der Waals surface area contributed by atoms with Crippen LogP contribution >= 0.6 is 11.3 Å². The molecule has 4 aromatic carbocycles. The summed E-state index contributed by atoms with van der Waals surface area (Å²) >= 11 is 1.72. The first-order valence-corrected chi connectivity index (χ1v) is 12.7. The molecule has 0 unspecified atom stereocenters. The fraction of sp³-hybridized carbons (Fsp3) is 0.0303. The average Bonchev–Trinajstić information content (AvgIpc) is 3.43. The third-order valence-corrected chi connectivity index (χ3v) is 6.58. The van der Waals surface area contributed by atoms with Crippen LogP contribution in [0, 0.1) is 6.92 Å². The van der Waals surface area contributed by atoms with Gasteiger partial charge in [-0.2, -0.15) is 11.3 Å². The third-order valence-electron chi connectivity index (χ3n) is 5.88. The lowest BCUT2D eigenvalue weighted by Gasteiger charge is -2.25. The van der Waals surface area contributed by atoms with E-state index >= 15 is 0 Å². The van der Waals surface area contributed by atoms with E-state index < -0.39 is 0 Å². The van der Waals surface area contributed by atoms with Gasteiger partial charge in [-0.05, 0) is 82.4 Å². The Morgan fingerprint density at radius 1 is 0.543 bits per heavy atom. The summed E-state index contributed by atoms with van der Waals surface area (Å²) in [7, 11) is 0. The molecule has 1 aromatic heterocycles. The zero-order valence-corrected chi connectivity index (χ0v) is 20.5. The van der Waals surface area contributed by atoms with E-state index in [1.165, 1.54) is 27.8 Å². The van der Waals surface area contributed by atoms with E-state index in [1.54, 1.807) is 11.3 Å². The molecule has 0 spiro atoms. The molecular formula is C33H27NS. The van der Waals surface area contributed by atoms with Crippen LogP contribution in [-0.4, -0.2) is 0 Å². The second-order valence-corrected chi connectivity index (χ2v) is 9.23. The van der Waals surface area contributed by atoms with Crippen molar-refractivity contribution in [3.05, 3.63) is 148 Å². The Morgan fingerprint density at radius 3 is 1.77 bits per heavy atom. The number of aryl methyl sites for hydroxylation is 1. The molecule has 0 aliphatic heterocycles. The Labute approximate surface area is 212 Å². The minimum Gasteiger partial charge on any atom is -0.311 e. The summed E-state index contributed by atoms with van der Waals surface area (Å²) in [4.78, 5) is 2.28. The van der Waals surface area contributed by atoms with Crippen molar-refractivity contribution in [3.8, 4) is 0 Å². The summed E-state index contributed by atoms with van der Waals surface area (Å²) in [6, 6.07) is 38.5. The van der Waals surface area contributed by atoms with Crippen molar-refractivity contribution in [2.45, 2.75) is 6.92 Å². The van der Waals surface area contributed by atoms with Crippen LogP contribution in [-0.2, 0) is 0 Å². The van der Waals surface area contributed by atoms with E-state index in [0.29, 0.717) is 0 Å². The quantitative estimate of drug-likeness (QED) is 0.214. The minimum absolute atomic E-state index is 1.13. The Balaban J connectivity index is 1.41. The first-order valence-electron chi connectivity index (χ1n) is 11.8. The highest BCUT2D eigenvalue weighted by Crippen LogP contribution is 2.34. The highest BCUT2D eigenvalue weighted by Gasteiger charge is 2.11. The molecule has 0 N–H and O–H groups in total. The van der Waals surface area contributed by atoms with Crippen LogP contribution in [0.3, 0.4) is 0 Å². The van der Waals surface area contributed by atoms with Crippen molar-refractivity contribution in [1.82, 2.24) is 0 Å². The van der Waals surface area contributed by atoms with Gasteiger partial charge in [0.15, 0.2) is 0 Å². The van der Waals surface area contributed by atoms with Gasteiger partial charge in [0, 0.05) is 17.1 Å². The van der Waals surface area contributed by atoms with Gasteiger partial charge in [0.25, 0.3) is 0 Å². The molecule has 0 radical (unpaired) electrons. The van der Waals surface area contributed by atoms with Gasteiger partial charge >= 0.3 is 0 Å². The summed E-state index contributed by atoms with van der Waals surface area (Å²) in [5, 5.41) is 4.27. The highest BCUT2D eigenvalue weighted by atomic mass is 32.1. The molecule has 35 heavy (non-hydrogen) atoms. The van der Waals surface area contributed by atoms with Crippen LogP contribution in [0.4, 0.5) is 17.1 Å². The Bertz CT molecular complexity index is 1370. The van der Waals surface area contributed by atoms with E-state index in [2.05, 4.69) is 156 Å². The number of hydrogen-bond acceptors (Lipinski definition) is 2. The number of rotatable bonds is 7.